The fraction of sp³-hybridized carbons (Fsp3) is 0.118. The van der Waals surface area contributed by atoms with Crippen LogP contribution >= 0.6 is 0 Å². The van der Waals surface area contributed by atoms with Crippen molar-refractivity contribution in [2.45, 2.75) is 13.5 Å². The second-order valence-electron chi connectivity index (χ2n) is 5.16. The number of halogens is 2. The van der Waals surface area contributed by atoms with Crippen LogP contribution in [0.5, 0.6) is 0 Å². The zero-order valence-electron chi connectivity index (χ0n) is 11.6. The minimum atomic E-state index is -0.350. The molecule has 3 rings (SSSR count). The molecule has 0 aliphatic carbocycles. The maximum Gasteiger partial charge on any atom is 0.167 e. The Morgan fingerprint density at radius 1 is 1.19 bits per heavy atom. The Kier molecular flexibility index (Phi) is 3.29. The zero-order valence-corrected chi connectivity index (χ0v) is 11.6. The van der Waals surface area contributed by atoms with E-state index in [0.29, 0.717) is 17.6 Å². The van der Waals surface area contributed by atoms with Gasteiger partial charge in [0, 0.05) is 24.5 Å². The van der Waals surface area contributed by atoms with Gasteiger partial charge in [0.25, 0.3) is 0 Å². The van der Waals surface area contributed by atoms with Gasteiger partial charge in [-0.2, -0.15) is 0 Å². The van der Waals surface area contributed by atoms with E-state index in [2.05, 4.69) is 11.6 Å². The second-order valence-corrected chi connectivity index (χ2v) is 5.16. The molecule has 0 aliphatic rings. The Bertz CT molecular complexity index is 817. The molecule has 2 heterocycles. The van der Waals surface area contributed by atoms with Crippen molar-refractivity contribution in [1.82, 2.24) is 9.55 Å². The fourth-order valence-electron chi connectivity index (χ4n) is 2.35. The van der Waals surface area contributed by atoms with Gasteiger partial charge in [-0.25, -0.2) is 8.78 Å². The number of hydrogen-bond acceptors (Lipinski definition) is 1. The number of rotatable bonds is 3. The molecule has 0 atom stereocenters. The number of aromatic nitrogens is 2. The second kappa shape index (κ2) is 5.13. The minimum absolute atomic E-state index is 0.288. The van der Waals surface area contributed by atoms with E-state index >= 15 is 0 Å². The summed E-state index contributed by atoms with van der Waals surface area (Å²) in [6, 6.07) is 8.02. The summed E-state index contributed by atoms with van der Waals surface area (Å²) < 4.78 is 28.7. The summed E-state index contributed by atoms with van der Waals surface area (Å²) in [5.41, 5.74) is 3.64. The van der Waals surface area contributed by atoms with Crippen molar-refractivity contribution < 1.29 is 8.78 Å². The summed E-state index contributed by atoms with van der Waals surface area (Å²) in [6.07, 6.45) is 3.03. The first-order chi connectivity index (χ1) is 10.0. The predicted molar refractivity (Wildman–Crippen MR) is 79.9 cm³/mol. The Hall–Kier alpha value is -2.49. The van der Waals surface area contributed by atoms with Gasteiger partial charge in [-0.1, -0.05) is 24.3 Å². The summed E-state index contributed by atoms with van der Waals surface area (Å²) in [7, 11) is 0. The average molecular weight is 284 g/mol. The van der Waals surface area contributed by atoms with Crippen LogP contribution < -0.4 is 0 Å². The van der Waals surface area contributed by atoms with Crippen molar-refractivity contribution in [3.05, 3.63) is 66.5 Å². The van der Waals surface area contributed by atoms with Gasteiger partial charge in [-0.05, 0) is 30.7 Å². The van der Waals surface area contributed by atoms with Crippen molar-refractivity contribution in [3.63, 3.8) is 0 Å². The third-order valence-corrected chi connectivity index (χ3v) is 3.29. The van der Waals surface area contributed by atoms with E-state index in [1.165, 1.54) is 18.3 Å². The Morgan fingerprint density at radius 2 is 1.90 bits per heavy atom. The summed E-state index contributed by atoms with van der Waals surface area (Å²) in [6.45, 7) is 6.28. The lowest BCUT2D eigenvalue weighted by Gasteiger charge is -2.06. The molecule has 0 N–H and O–H groups in total. The highest BCUT2D eigenvalue weighted by atomic mass is 19.1. The topological polar surface area (TPSA) is 17.8 Å². The van der Waals surface area contributed by atoms with Gasteiger partial charge < -0.3 is 4.57 Å². The van der Waals surface area contributed by atoms with Crippen molar-refractivity contribution in [2.75, 3.05) is 0 Å². The van der Waals surface area contributed by atoms with E-state index in [1.54, 1.807) is 22.9 Å². The van der Waals surface area contributed by atoms with Crippen molar-refractivity contribution in [2.24, 2.45) is 0 Å². The molecular weight excluding hydrogens is 270 g/mol. The van der Waals surface area contributed by atoms with E-state index in [4.69, 9.17) is 0 Å². The molecule has 0 fully saturated rings. The van der Waals surface area contributed by atoms with E-state index in [1.807, 2.05) is 13.0 Å². The minimum Gasteiger partial charge on any atom is -0.339 e. The highest BCUT2D eigenvalue weighted by Crippen LogP contribution is 2.25. The van der Waals surface area contributed by atoms with Crippen molar-refractivity contribution in [3.8, 4) is 11.1 Å². The van der Waals surface area contributed by atoms with Crippen LogP contribution in [-0.4, -0.2) is 9.55 Å². The van der Waals surface area contributed by atoms with E-state index in [-0.39, 0.29) is 11.6 Å². The summed E-state index contributed by atoms with van der Waals surface area (Å²) >= 11 is 0. The largest absolute Gasteiger partial charge is 0.339 e. The molecule has 3 aromatic rings. The molecule has 0 amide bonds. The normalized spacial score (nSPS) is 11.0. The van der Waals surface area contributed by atoms with Crippen LogP contribution in [0.4, 0.5) is 8.78 Å². The summed E-state index contributed by atoms with van der Waals surface area (Å²) in [5.74, 6) is -0.638. The third-order valence-electron chi connectivity index (χ3n) is 3.29. The lowest BCUT2D eigenvalue weighted by atomic mass is 10.1. The van der Waals surface area contributed by atoms with E-state index in [0.717, 1.165) is 16.7 Å². The molecule has 4 heteroatoms. The summed E-state index contributed by atoms with van der Waals surface area (Å²) in [5, 5.41) is 0. The maximum absolute atomic E-state index is 13.9. The molecule has 2 aromatic heterocycles. The highest BCUT2D eigenvalue weighted by Gasteiger charge is 2.11. The highest BCUT2D eigenvalue weighted by molar-refractivity contribution is 5.82. The van der Waals surface area contributed by atoms with Crippen LogP contribution in [0.3, 0.4) is 0 Å². The van der Waals surface area contributed by atoms with Gasteiger partial charge in [-0.15, -0.1) is 0 Å². The molecule has 0 saturated heterocycles. The molecule has 106 valence electrons. The molecule has 0 aliphatic heterocycles. The number of benzene rings is 1. The number of nitrogens with zero attached hydrogens (tertiary/aromatic N) is 2. The maximum atomic E-state index is 13.9. The van der Waals surface area contributed by atoms with Crippen LogP contribution in [0.1, 0.15) is 6.92 Å². The van der Waals surface area contributed by atoms with Crippen molar-refractivity contribution >= 4 is 11.0 Å². The number of pyridine rings is 1. The quantitative estimate of drug-likeness (QED) is 0.645. The molecule has 0 saturated carbocycles. The Balaban J connectivity index is 2.14. The Labute approximate surface area is 121 Å². The van der Waals surface area contributed by atoms with Gasteiger partial charge in [0.15, 0.2) is 5.82 Å². The van der Waals surface area contributed by atoms with Gasteiger partial charge in [-0.3, -0.25) is 4.98 Å². The molecule has 1 aromatic carbocycles. The smallest absolute Gasteiger partial charge is 0.167 e. The van der Waals surface area contributed by atoms with Crippen LogP contribution in [0.25, 0.3) is 22.2 Å². The van der Waals surface area contributed by atoms with Crippen LogP contribution in [0.15, 0.2) is 54.9 Å². The summed E-state index contributed by atoms with van der Waals surface area (Å²) in [4.78, 5) is 4.19. The molecule has 2 nitrogen and oxygen atoms in total. The number of hydrogen-bond donors (Lipinski definition) is 0. The first-order valence-corrected chi connectivity index (χ1v) is 6.59. The first-order valence-electron chi connectivity index (χ1n) is 6.59. The fourth-order valence-corrected chi connectivity index (χ4v) is 2.35. The average Bonchev–Trinajstić information content (AvgIpc) is 2.75. The predicted octanol–water partition coefficient (Wildman–Crippen LogP) is 4.56. The first kappa shape index (κ1) is 13.5. The molecule has 0 unspecified atom stereocenters. The van der Waals surface area contributed by atoms with Crippen LogP contribution in [0, 0.1) is 11.6 Å². The zero-order chi connectivity index (χ0) is 15.0. The van der Waals surface area contributed by atoms with Crippen LogP contribution in [0.2, 0.25) is 0 Å². The molecule has 0 spiro atoms. The SMILES string of the molecule is C=C(C)Cn1cc(F)c2ncc(-c3ccc(F)cc3)cc21. The molecule has 0 radical (unpaired) electrons. The van der Waals surface area contributed by atoms with E-state index in [9.17, 15) is 8.78 Å². The standard InChI is InChI=1S/C17H14F2N2/c1-11(2)9-21-10-15(19)17-16(21)7-13(8-20-17)12-3-5-14(18)6-4-12/h3-8,10H,1,9H2,2H3. The van der Waals surface area contributed by atoms with E-state index < -0.39 is 0 Å². The van der Waals surface area contributed by atoms with Crippen LogP contribution in [-0.2, 0) is 6.54 Å². The van der Waals surface area contributed by atoms with Gasteiger partial charge >= 0.3 is 0 Å². The van der Waals surface area contributed by atoms with Gasteiger partial charge in [0.05, 0.1) is 5.52 Å². The van der Waals surface area contributed by atoms with Gasteiger partial charge in [0.2, 0.25) is 0 Å². The third kappa shape index (κ3) is 2.57. The Morgan fingerprint density at radius 3 is 2.57 bits per heavy atom. The molecule has 0 bridgehead atoms. The number of fused-ring (bicyclic) bond motifs is 1. The van der Waals surface area contributed by atoms with Crippen molar-refractivity contribution in [1.29, 1.82) is 0 Å². The number of allylic oxidation sites excluding steroid dienone is 1. The molecule has 21 heavy (non-hydrogen) atoms. The monoisotopic (exact) mass is 284 g/mol. The molecular formula is C17H14F2N2. The van der Waals surface area contributed by atoms with Gasteiger partial charge in [0.1, 0.15) is 11.3 Å². The lowest BCUT2D eigenvalue weighted by molar-refractivity contribution is 0.627. The lowest BCUT2D eigenvalue weighted by Crippen LogP contribution is -1.96.